The van der Waals surface area contributed by atoms with Gasteiger partial charge in [0.1, 0.15) is 0 Å². The van der Waals surface area contributed by atoms with E-state index in [1.807, 2.05) is 0 Å². The summed E-state index contributed by atoms with van der Waals surface area (Å²) in [6.07, 6.45) is 13.7. The number of esters is 1. The summed E-state index contributed by atoms with van der Waals surface area (Å²) in [5, 5.41) is 0. The summed E-state index contributed by atoms with van der Waals surface area (Å²) in [5.74, 6) is -0.0290. The number of carbonyl (C=O) groups excluding carboxylic acids is 1. The number of hydrogen-bond acceptors (Lipinski definition) is 3. The van der Waals surface area contributed by atoms with Gasteiger partial charge in [-0.2, -0.15) is 0 Å². The van der Waals surface area contributed by atoms with Gasteiger partial charge in [-0.15, -0.1) is 0 Å². The van der Waals surface area contributed by atoms with E-state index in [1.54, 1.807) is 0 Å². The highest BCUT2D eigenvalue weighted by Crippen LogP contribution is 2.10. The van der Waals surface area contributed by atoms with E-state index in [0.29, 0.717) is 13.0 Å². The smallest absolute Gasteiger partial charge is 0.305 e. The molecule has 0 aromatic carbocycles. The monoisotopic (exact) mass is 271 g/mol. The summed E-state index contributed by atoms with van der Waals surface area (Å²) in [4.78, 5) is 11.4. The molecule has 0 aromatic heterocycles. The first-order valence-corrected chi connectivity index (χ1v) is 8.17. The second-order valence-electron chi connectivity index (χ2n) is 5.29. The average Bonchev–Trinajstić information content (AvgIpc) is 2.41. The predicted molar refractivity (Wildman–Crippen MR) is 81.1 cm³/mol. The third-order valence-electron chi connectivity index (χ3n) is 3.35. The van der Waals surface area contributed by atoms with Gasteiger partial charge in [-0.3, -0.25) is 4.79 Å². The second kappa shape index (κ2) is 15.5. The quantitative estimate of drug-likeness (QED) is 0.381. The maximum atomic E-state index is 11.4. The number of unbranched alkanes of at least 4 members (excludes halogenated alkanes) is 9. The highest BCUT2D eigenvalue weighted by molar-refractivity contribution is 5.69. The van der Waals surface area contributed by atoms with Crippen LogP contribution in [0.15, 0.2) is 0 Å². The molecule has 3 nitrogen and oxygen atoms in total. The van der Waals surface area contributed by atoms with Crippen LogP contribution in [0.3, 0.4) is 0 Å². The predicted octanol–water partition coefficient (Wildman–Crippen LogP) is 4.19. The molecule has 0 aliphatic rings. The highest BCUT2D eigenvalue weighted by Gasteiger charge is 2.02. The number of hydrogen-bond donors (Lipinski definition) is 1. The van der Waals surface area contributed by atoms with Crippen molar-refractivity contribution in [2.45, 2.75) is 84.0 Å². The normalized spacial score (nSPS) is 10.6. The van der Waals surface area contributed by atoms with Crippen molar-refractivity contribution in [3.05, 3.63) is 0 Å². The van der Waals surface area contributed by atoms with Crippen molar-refractivity contribution >= 4 is 5.97 Å². The van der Waals surface area contributed by atoms with Gasteiger partial charge in [0.2, 0.25) is 0 Å². The molecule has 0 aliphatic heterocycles. The van der Waals surface area contributed by atoms with E-state index in [9.17, 15) is 4.79 Å². The first kappa shape index (κ1) is 18.4. The fraction of sp³-hybridized carbons (Fsp3) is 0.938. The maximum absolute atomic E-state index is 11.4. The molecular weight excluding hydrogens is 238 g/mol. The molecule has 0 saturated heterocycles. The summed E-state index contributed by atoms with van der Waals surface area (Å²) in [7, 11) is 0. The first-order chi connectivity index (χ1) is 9.31. The van der Waals surface area contributed by atoms with E-state index in [2.05, 4.69) is 6.92 Å². The minimum atomic E-state index is -0.0290. The minimum absolute atomic E-state index is 0.0290. The first-order valence-electron chi connectivity index (χ1n) is 8.17. The largest absolute Gasteiger partial charge is 0.466 e. The standard InChI is InChI=1S/C16H33NO2/c1-2-3-4-5-6-7-8-10-13-16(18)19-15-12-9-11-14-17/h2-15,17H2,1H3. The Balaban J connectivity index is 3.12. The van der Waals surface area contributed by atoms with Crippen LogP contribution in [0.25, 0.3) is 0 Å². The van der Waals surface area contributed by atoms with Gasteiger partial charge in [0.15, 0.2) is 0 Å². The fourth-order valence-electron chi connectivity index (χ4n) is 2.08. The zero-order chi connectivity index (χ0) is 14.2. The van der Waals surface area contributed by atoms with Crippen molar-refractivity contribution in [1.82, 2.24) is 0 Å². The van der Waals surface area contributed by atoms with E-state index in [0.717, 1.165) is 38.6 Å². The van der Waals surface area contributed by atoms with Gasteiger partial charge in [-0.25, -0.2) is 0 Å². The van der Waals surface area contributed by atoms with Gasteiger partial charge in [-0.05, 0) is 32.2 Å². The molecule has 0 unspecified atom stereocenters. The number of ether oxygens (including phenoxy) is 1. The summed E-state index contributed by atoms with van der Waals surface area (Å²) in [6, 6.07) is 0. The number of nitrogens with two attached hydrogens (primary N) is 1. The minimum Gasteiger partial charge on any atom is -0.466 e. The topological polar surface area (TPSA) is 52.3 Å². The van der Waals surface area contributed by atoms with E-state index >= 15 is 0 Å². The second-order valence-corrected chi connectivity index (χ2v) is 5.29. The zero-order valence-electron chi connectivity index (χ0n) is 12.8. The van der Waals surface area contributed by atoms with Gasteiger partial charge in [-0.1, -0.05) is 51.9 Å². The number of rotatable bonds is 14. The summed E-state index contributed by atoms with van der Waals surface area (Å²) < 4.78 is 5.17. The van der Waals surface area contributed by atoms with Crippen molar-refractivity contribution in [1.29, 1.82) is 0 Å². The molecular formula is C16H33NO2. The van der Waals surface area contributed by atoms with E-state index < -0.39 is 0 Å². The van der Waals surface area contributed by atoms with Crippen LogP contribution >= 0.6 is 0 Å². The maximum Gasteiger partial charge on any atom is 0.305 e. The van der Waals surface area contributed by atoms with Crippen LogP contribution in [0.2, 0.25) is 0 Å². The Hall–Kier alpha value is -0.570. The lowest BCUT2D eigenvalue weighted by Crippen LogP contribution is -2.06. The third kappa shape index (κ3) is 15.4. The van der Waals surface area contributed by atoms with E-state index in [1.165, 1.54) is 38.5 Å². The third-order valence-corrected chi connectivity index (χ3v) is 3.35. The van der Waals surface area contributed by atoms with Crippen LogP contribution in [0.1, 0.15) is 84.0 Å². The molecule has 0 radical (unpaired) electrons. The lowest BCUT2D eigenvalue weighted by molar-refractivity contribution is -0.143. The molecule has 0 fully saturated rings. The van der Waals surface area contributed by atoms with Crippen molar-refractivity contribution in [3.8, 4) is 0 Å². The van der Waals surface area contributed by atoms with Crippen molar-refractivity contribution in [3.63, 3.8) is 0 Å². The van der Waals surface area contributed by atoms with Gasteiger partial charge in [0.25, 0.3) is 0 Å². The van der Waals surface area contributed by atoms with Gasteiger partial charge in [0.05, 0.1) is 6.61 Å². The lowest BCUT2D eigenvalue weighted by Gasteiger charge is -2.04. The van der Waals surface area contributed by atoms with Crippen molar-refractivity contribution in [2.75, 3.05) is 13.2 Å². The van der Waals surface area contributed by atoms with Crippen LogP contribution in [0.5, 0.6) is 0 Å². The molecule has 0 rings (SSSR count). The molecule has 0 saturated carbocycles. The summed E-state index contributed by atoms with van der Waals surface area (Å²) >= 11 is 0. The van der Waals surface area contributed by atoms with Crippen LogP contribution in [0.4, 0.5) is 0 Å². The van der Waals surface area contributed by atoms with Crippen LogP contribution in [-0.4, -0.2) is 19.1 Å². The van der Waals surface area contributed by atoms with Crippen LogP contribution in [-0.2, 0) is 9.53 Å². The number of carbonyl (C=O) groups is 1. The molecule has 0 aliphatic carbocycles. The van der Waals surface area contributed by atoms with E-state index in [4.69, 9.17) is 10.5 Å². The average molecular weight is 271 g/mol. The molecule has 0 heterocycles. The Morgan fingerprint density at radius 2 is 1.42 bits per heavy atom. The summed E-state index contributed by atoms with van der Waals surface area (Å²) in [5.41, 5.74) is 5.40. The molecule has 0 bridgehead atoms. The Bertz CT molecular complexity index is 195. The van der Waals surface area contributed by atoms with Crippen molar-refractivity contribution in [2.24, 2.45) is 5.73 Å². The van der Waals surface area contributed by atoms with E-state index in [-0.39, 0.29) is 5.97 Å². The fourth-order valence-corrected chi connectivity index (χ4v) is 2.08. The molecule has 0 spiro atoms. The molecule has 19 heavy (non-hydrogen) atoms. The molecule has 2 N–H and O–H groups in total. The SMILES string of the molecule is CCCCCCCCCCC(=O)OCCCCCN. The Labute approximate surface area is 119 Å². The molecule has 114 valence electrons. The van der Waals surface area contributed by atoms with Crippen LogP contribution < -0.4 is 5.73 Å². The van der Waals surface area contributed by atoms with Gasteiger partial charge < -0.3 is 10.5 Å². The molecule has 3 heteroatoms. The Morgan fingerprint density at radius 3 is 2.05 bits per heavy atom. The molecule has 0 atom stereocenters. The Morgan fingerprint density at radius 1 is 0.842 bits per heavy atom. The molecule has 0 amide bonds. The highest BCUT2D eigenvalue weighted by atomic mass is 16.5. The molecule has 0 aromatic rings. The lowest BCUT2D eigenvalue weighted by atomic mass is 10.1. The van der Waals surface area contributed by atoms with Gasteiger partial charge in [0, 0.05) is 6.42 Å². The zero-order valence-corrected chi connectivity index (χ0v) is 12.8. The Kier molecular flexibility index (Phi) is 15.0. The van der Waals surface area contributed by atoms with Crippen LogP contribution in [0, 0.1) is 0 Å². The van der Waals surface area contributed by atoms with Gasteiger partial charge >= 0.3 is 5.97 Å². The van der Waals surface area contributed by atoms with Crippen molar-refractivity contribution < 1.29 is 9.53 Å². The summed E-state index contributed by atoms with van der Waals surface area (Å²) in [6.45, 7) is 3.53.